The number of carboxylic acid groups (broad SMARTS) is 1. The first kappa shape index (κ1) is 39.5. The first-order chi connectivity index (χ1) is 27.1. The third-order valence-electron chi connectivity index (χ3n) is 9.05. The molecule has 1 heterocycles. The summed E-state index contributed by atoms with van der Waals surface area (Å²) in [5, 5.41) is 12.5. The number of carboxylic acids is 1. The minimum atomic E-state index is -0.959. The average molecular weight is 785 g/mol. The van der Waals surface area contributed by atoms with Crippen LogP contribution in [0.2, 0.25) is 10.0 Å². The van der Waals surface area contributed by atoms with Gasteiger partial charge in [-0.15, -0.1) is 0 Å². The van der Waals surface area contributed by atoms with Gasteiger partial charge in [-0.1, -0.05) is 108 Å². The van der Waals surface area contributed by atoms with Crippen molar-refractivity contribution in [2.45, 2.75) is 39.9 Å². The lowest BCUT2D eigenvalue weighted by atomic mass is 10.0. The van der Waals surface area contributed by atoms with E-state index >= 15 is 0 Å². The molecule has 0 saturated carbocycles. The molecule has 0 fully saturated rings. The molecule has 7 rings (SSSR count). The number of carbonyl (C=O) groups excluding carboxylic acids is 2. The molecule has 7 nitrogen and oxygen atoms in total. The van der Waals surface area contributed by atoms with E-state index in [9.17, 15) is 19.5 Å². The molecule has 0 aliphatic heterocycles. The van der Waals surface area contributed by atoms with Gasteiger partial charge in [-0.25, -0.2) is 4.79 Å². The largest absolute Gasteiger partial charge is 0.488 e. The van der Waals surface area contributed by atoms with Crippen molar-refractivity contribution < 1.29 is 29.0 Å². The topological polar surface area (TPSA) is 94.8 Å². The minimum Gasteiger partial charge on any atom is -0.488 e. The third-order valence-corrected chi connectivity index (χ3v) is 9.52. The van der Waals surface area contributed by atoms with Crippen LogP contribution < -0.4 is 9.47 Å². The molecule has 6 aromatic carbocycles. The number of rotatable bonds is 13. The number of hydrogen-bond acceptors (Lipinski definition) is 5. The van der Waals surface area contributed by atoms with E-state index in [1.54, 1.807) is 24.3 Å². The Kier molecular flexibility index (Phi) is 13.0. The van der Waals surface area contributed by atoms with Crippen molar-refractivity contribution in [1.29, 1.82) is 0 Å². The van der Waals surface area contributed by atoms with E-state index in [4.69, 9.17) is 32.7 Å². The number of carbonyl (C=O) groups is 3. The maximum absolute atomic E-state index is 12.2. The lowest BCUT2D eigenvalue weighted by molar-refractivity contribution is -0.117. The zero-order valence-corrected chi connectivity index (χ0v) is 32.4. The van der Waals surface area contributed by atoms with E-state index in [0.29, 0.717) is 45.7 Å². The van der Waals surface area contributed by atoms with E-state index < -0.39 is 5.97 Å². The Morgan fingerprint density at radius 3 is 1.86 bits per heavy atom. The molecule has 0 aliphatic rings. The highest BCUT2D eigenvalue weighted by atomic mass is 35.5. The predicted molar refractivity (Wildman–Crippen MR) is 223 cm³/mol. The summed E-state index contributed by atoms with van der Waals surface area (Å²) >= 11 is 12.4. The van der Waals surface area contributed by atoms with Gasteiger partial charge in [0.25, 0.3) is 0 Å². The van der Waals surface area contributed by atoms with Crippen LogP contribution in [0.25, 0.3) is 27.7 Å². The van der Waals surface area contributed by atoms with Gasteiger partial charge in [0.1, 0.15) is 30.5 Å². The van der Waals surface area contributed by atoms with Gasteiger partial charge >= 0.3 is 5.97 Å². The van der Waals surface area contributed by atoms with Crippen molar-refractivity contribution in [2.24, 2.45) is 0 Å². The number of aromatic nitrogens is 1. The van der Waals surface area contributed by atoms with E-state index in [-0.39, 0.29) is 30.0 Å². The smallest absolute Gasteiger partial charge is 0.336 e. The summed E-state index contributed by atoms with van der Waals surface area (Å²) in [6.45, 7) is 4.26. The van der Waals surface area contributed by atoms with Gasteiger partial charge in [0, 0.05) is 39.8 Å². The first-order valence-corrected chi connectivity index (χ1v) is 18.7. The normalized spacial score (nSPS) is 10.7. The summed E-state index contributed by atoms with van der Waals surface area (Å²) in [4.78, 5) is 35.3. The number of ketones is 2. The quantitative estimate of drug-likeness (QED) is 0.117. The molecule has 0 radical (unpaired) electrons. The Morgan fingerprint density at radius 2 is 1.21 bits per heavy atom. The van der Waals surface area contributed by atoms with Crippen LogP contribution in [0.4, 0.5) is 0 Å². The summed E-state index contributed by atoms with van der Waals surface area (Å²) in [6.07, 6.45) is 0.390. The monoisotopic (exact) mass is 783 g/mol. The van der Waals surface area contributed by atoms with Crippen LogP contribution in [0.15, 0.2) is 146 Å². The number of halogens is 2. The molecule has 9 heteroatoms. The van der Waals surface area contributed by atoms with Crippen LogP contribution in [0.5, 0.6) is 11.5 Å². The SMILES string of the molecule is CC(=O)CCC(=O)c1cc(Cl)ccc1OCc1ccccc1.Cc1ccc(-c2cc(Cl)ccc2OCc2ccccc2)n1-c1cc(C(=O)O)c2ccccc2c1. The number of ether oxygens (including phenoxy) is 2. The highest BCUT2D eigenvalue weighted by molar-refractivity contribution is 6.31. The van der Waals surface area contributed by atoms with Gasteiger partial charge in [-0.05, 0) is 96.4 Å². The number of hydrogen-bond donors (Lipinski definition) is 1. The molecular weight excluding hydrogens is 745 g/mol. The molecule has 282 valence electrons. The van der Waals surface area contributed by atoms with E-state index in [2.05, 4.69) is 0 Å². The molecule has 1 aromatic heterocycles. The number of aryl methyl sites for hydroxylation is 1. The Balaban J connectivity index is 0.000000209. The standard InChI is InChI=1S/C29H22ClNO3.C18H17ClO3/c1-19-11-13-27(26-16-22(30)12-14-28(26)34-18-20-7-3-2-4-8-20)31(19)23-15-21-9-5-6-10-24(21)25(17-23)29(32)33;1-13(20)7-9-17(21)16-11-15(19)8-10-18(16)22-12-14-5-3-2-4-6-14/h2-17H,18H2,1H3,(H,32,33);2-6,8,10-11H,7,9,12H2,1H3. The van der Waals surface area contributed by atoms with Crippen molar-refractivity contribution >= 4 is 51.5 Å². The molecule has 56 heavy (non-hydrogen) atoms. The fraction of sp³-hybridized carbons (Fsp3) is 0.128. The van der Waals surface area contributed by atoms with Gasteiger partial charge in [0.05, 0.1) is 16.8 Å². The summed E-state index contributed by atoms with van der Waals surface area (Å²) in [5.41, 5.74) is 6.20. The highest BCUT2D eigenvalue weighted by Crippen LogP contribution is 2.37. The van der Waals surface area contributed by atoms with Crippen LogP contribution in [-0.4, -0.2) is 27.2 Å². The van der Waals surface area contributed by atoms with Gasteiger partial charge in [-0.3, -0.25) is 4.79 Å². The maximum atomic E-state index is 12.2. The second-order valence-corrected chi connectivity index (χ2v) is 14.0. The maximum Gasteiger partial charge on any atom is 0.336 e. The van der Waals surface area contributed by atoms with Gasteiger partial charge in [-0.2, -0.15) is 0 Å². The molecule has 0 amide bonds. The van der Waals surface area contributed by atoms with E-state index in [0.717, 1.165) is 39.2 Å². The van der Waals surface area contributed by atoms with Crippen LogP contribution in [-0.2, 0) is 18.0 Å². The molecule has 0 atom stereocenters. The Morgan fingerprint density at radius 1 is 0.625 bits per heavy atom. The molecule has 0 aliphatic carbocycles. The van der Waals surface area contributed by atoms with Crippen LogP contribution in [0, 0.1) is 6.92 Å². The average Bonchev–Trinajstić information content (AvgIpc) is 3.60. The van der Waals surface area contributed by atoms with Crippen molar-refractivity contribution in [1.82, 2.24) is 4.57 Å². The lowest BCUT2D eigenvalue weighted by Gasteiger charge is -2.17. The van der Waals surface area contributed by atoms with Gasteiger partial charge < -0.3 is 23.9 Å². The second-order valence-electron chi connectivity index (χ2n) is 13.2. The van der Waals surface area contributed by atoms with E-state index in [1.165, 1.54) is 6.92 Å². The Bertz CT molecular complexity index is 2490. The minimum absolute atomic E-state index is 0.0119. The number of fused-ring (bicyclic) bond motifs is 1. The van der Waals surface area contributed by atoms with Crippen LogP contribution in [0.3, 0.4) is 0 Å². The van der Waals surface area contributed by atoms with Crippen molar-refractivity contribution in [3.05, 3.63) is 184 Å². The zero-order chi connectivity index (χ0) is 39.6. The summed E-state index contributed by atoms with van der Waals surface area (Å²) in [7, 11) is 0. The number of benzene rings is 6. The molecule has 0 bridgehead atoms. The van der Waals surface area contributed by atoms with Gasteiger partial charge in [0.2, 0.25) is 0 Å². The van der Waals surface area contributed by atoms with Crippen LogP contribution in [0.1, 0.15) is 57.3 Å². The Hall–Kier alpha value is -6.15. The Labute approximate surface area is 335 Å². The fourth-order valence-corrected chi connectivity index (χ4v) is 6.61. The zero-order valence-electron chi connectivity index (χ0n) is 30.9. The summed E-state index contributed by atoms with van der Waals surface area (Å²) in [6, 6.07) is 45.5. The first-order valence-electron chi connectivity index (χ1n) is 18.0. The van der Waals surface area contributed by atoms with Crippen LogP contribution >= 0.6 is 23.2 Å². The molecule has 0 saturated heterocycles. The predicted octanol–water partition coefficient (Wildman–Crippen LogP) is 12.0. The van der Waals surface area contributed by atoms with Crippen molar-refractivity contribution in [3.8, 4) is 28.4 Å². The summed E-state index contributed by atoms with van der Waals surface area (Å²) < 4.78 is 14.0. The number of aromatic carboxylic acids is 1. The fourth-order valence-electron chi connectivity index (χ4n) is 6.26. The number of nitrogens with zero attached hydrogens (tertiary/aromatic N) is 1. The molecule has 1 N–H and O–H groups in total. The lowest BCUT2D eigenvalue weighted by Crippen LogP contribution is -2.06. The molecule has 0 spiro atoms. The molecular formula is C47H39Cl2NO6. The highest BCUT2D eigenvalue weighted by Gasteiger charge is 2.18. The summed E-state index contributed by atoms with van der Waals surface area (Å²) in [5.74, 6) is 0.0793. The van der Waals surface area contributed by atoms with E-state index in [1.807, 2.05) is 133 Å². The second kappa shape index (κ2) is 18.5. The number of Topliss-reactive ketones (excluding diaryl/α,β-unsaturated/α-hetero) is 2. The molecule has 0 unspecified atom stereocenters. The van der Waals surface area contributed by atoms with Crippen molar-refractivity contribution in [2.75, 3.05) is 0 Å². The molecule has 7 aromatic rings. The third kappa shape index (κ3) is 9.93. The van der Waals surface area contributed by atoms with Crippen molar-refractivity contribution in [3.63, 3.8) is 0 Å². The van der Waals surface area contributed by atoms with Gasteiger partial charge in [0.15, 0.2) is 5.78 Å².